The fraction of sp³-hybridized carbons (Fsp3) is 0.476. The third-order valence-corrected chi connectivity index (χ3v) is 5.64. The number of aliphatic hydroxyl groups is 1. The summed E-state index contributed by atoms with van der Waals surface area (Å²) in [6.07, 6.45) is 2.76. The first-order valence-corrected chi connectivity index (χ1v) is 10.4. The van der Waals surface area contributed by atoms with Gasteiger partial charge in [0.2, 0.25) is 5.95 Å². The second kappa shape index (κ2) is 8.45. The van der Waals surface area contributed by atoms with Gasteiger partial charge < -0.3 is 19.7 Å². The minimum absolute atomic E-state index is 0.0207. The predicted molar refractivity (Wildman–Crippen MR) is 114 cm³/mol. The number of ether oxygens (including phenoxy) is 1. The quantitative estimate of drug-likeness (QED) is 0.629. The lowest BCUT2D eigenvalue weighted by Crippen LogP contribution is -2.36. The summed E-state index contributed by atoms with van der Waals surface area (Å²) in [5.74, 6) is 0.751. The molecule has 0 aliphatic carbocycles. The fourth-order valence-corrected chi connectivity index (χ4v) is 4.22. The highest BCUT2D eigenvalue weighted by molar-refractivity contribution is 6.33. The smallest absolute Gasteiger partial charge is 0.223 e. The second-order valence-electron chi connectivity index (χ2n) is 7.88. The van der Waals surface area contributed by atoms with Gasteiger partial charge in [0.1, 0.15) is 11.3 Å². The van der Waals surface area contributed by atoms with Crippen molar-refractivity contribution in [3.63, 3.8) is 0 Å². The zero-order valence-corrected chi connectivity index (χ0v) is 17.9. The molecule has 2 aromatic heterocycles. The van der Waals surface area contributed by atoms with Crippen molar-refractivity contribution in [2.75, 3.05) is 18.5 Å². The van der Waals surface area contributed by atoms with Crippen LogP contribution in [0.5, 0.6) is 0 Å². The van der Waals surface area contributed by atoms with Gasteiger partial charge in [-0.15, -0.1) is 0 Å². The van der Waals surface area contributed by atoms with Crippen LogP contribution >= 0.6 is 11.6 Å². The molecule has 2 N–H and O–H groups in total. The third-order valence-electron chi connectivity index (χ3n) is 5.36. The molecule has 0 bridgehead atoms. The average Bonchev–Trinajstić information content (AvgIpc) is 3.06. The van der Waals surface area contributed by atoms with E-state index in [9.17, 15) is 9.50 Å². The molecule has 7 nitrogen and oxygen atoms in total. The molecule has 9 heteroatoms. The highest BCUT2D eigenvalue weighted by Crippen LogP contribution is 2.32. The number of imidazole rings is 1. The van der Waals surface area contributed by atoms with Gasteiger partial charge in [-0.05, 0) is 45.7 Å². The molecule has 1 saturated heterocycles. The number of rotatable bonds is 5. The fourth-order valence-electron chi connectivity index (χ4n) is 4.02. The van der Waals surface area contributed by atoms with Crippen LogP contribution in [0.1, 0.15) is 38.6 Å². The zero-order chi connectivity index (χ0) is 21.4. The monoisotopic (exact) mass is 433 g/mol. The van der Waals surface area contributed by atoms with E-state index in [0.717, 1.165) is 12.2 Å². The molecule has 3 heterocycles. The molecule has 160 valence electrons. The molecule has 0 saturated carbocycles. The van der Waals surface area contributed by atoms with Gasteiger partial charge in [-0.2, -0.15) is 0 Å². The van der Waals surface area contributed by atoms with E-state index in [0.29, 0.717) is 46.3 Å². The Morgan fingerprint density at radius 1 is 1.37 bits per heavy atom. The van der Waals surface area contributed by atoms with E-state index in [1.165, 1.54) is 12.3 Å². The van der Waals surface area contributed by atoms with Gasteiger partial charge in [0.05, 0.1) is 35.1 Å². The van der Waals surface area contributed by atoms with Crippen molar-refractivity contribution in [1.29, 1.82) is 0 Å². The number of nitrogens with one attached hydrogen (secondary N) is 1. The normalized spacial score (nSPS) is 19.6. The summed E-state index contributed by atoms with van der Waals surface area (Å²) >= 11 is 6.38. The maximum absolute atomic E-state index is 14.9. The van der Waals surface area contributed by atoms with Crippen LogP contribution in [0.3, 0.4) is 0 Å². The van der Waals surface area contributed by atoms with E-state index in [2.05, 4.69) is 20.3 Å². The maximum Gasteiger partial charge on any atom is 0.223 e. The Labute approximate surface area is 179 Å². The zero-order valence-electron chi connectivity index (χ0n) is 17.2. The number of aliphatic hydroxyl groups excluding tert-OH is 1. The molecular weight excluding hydrogens is 409 g/mol. The van der Waals surface area contributed by atoms with Crippen molar-refractivity contribution in [2.45, 2.75) is 51.8 Å². The van der Waals surface area contributed by atoms with Crippen molar-refractivity contribution >= 4 is 28.6 Å². The van der Waals surface area contributed by atoms with Crippen LogP contribution in [0, 0.1) is 12.7 Å². The van der Waals surface area contributed by atoms with Gasteiger partial charge in [0.25, 0.3) is 0 Å². The Balaban J connectivity index is 1.71. The molecular formula is C21H25ClFN5O2. The van der Waals surface area contributed by atoms with Crippen LogP contribution in [0.2, 0.25) is 5.02 Å². The molecule has 1 aliphatic heterocycles. The Kier molecular flexibility index (Phi) is 5.90. The van der Waals surface area contributed by atoms with Crippen molar-refractivity contribution in [1.82, 2.24) is 19.5 Å². The number of hydrogen-bond donors (Lipinski definition) is 2. The average molecular weight is 434 g/mol. The van der Waals surface area contributed by atoms with E-state index in [-0.39, 0.29) is 24.8 Å². The lowest BCUT2D eigenvalue weighted by Gasteiger charge is -2.29. The van der Waals surface area contributed by atoms with Crippen LogP contribution in [-0.4, -0.2) is 50.0 Å². The molecule has 1 fully saturated rings. The highest BCUT2D eigenvalue weighted by Gasteiger charge is 2.23. The summed E-state index contributed by atoms with van der Waals surface area (Å²) in [5, 5.41) is 13.0. The van der Waals surface area contributed by atoms with Gasteiger partial charge in [-0.3, -0.25) is 0 Å². The molecule has 0 amide bonds. The molecule has 30 heavy (non-hydrogen) atoms. The number of benzene rings is 1. The molecule has 3 aromatic rings. The van der Waals surface area contributed by atoms with Crippen molar-refractivity contribution in [3.8, 4) is 11.3 Å². The van der Waals surface area contributed by atoms with E-state index in [1.54, 1.807) is 0 Å². The van der Waals surface area contributed by atoms with Gasteiger partial charge in [-0.1, -0.05) is 11.6 Å². The van der Waals surface area contributed by atoms with Crippen LogP contribution in [0.25, 0.3) is 22.3 Å². The summed E-state index contributed by atoms with van der Waals surface area (Å²) in [6.45, 7) is 6.47. The summed E-state index contributed by atoms with van der Waals surface area (Å²) in [7, 11) is 0. The Morgan fingerprint density at radius 3 is 2.90 bits per heavy atom. The van der Waals surface area contributed by atoms with E-state index >= 15 is 0 Å². The summed E-state index contributed by atoms with van der Waals surface area (Å²) in [4.78, 5) is 13.2. The molecule has 1 aliphatic rings. The van der Waals surface area contributed by atoms with Gasteiger partial charge in [0, 0.05) is 24.3 Å². The van der Waals surface area contributed by atoms with Crippen molar-refractivity contribution < 1.29 is 14.2 Å². The minimum atomic E-state index is -0.413. The molecule has 4 rings (SSSR count). The lowest BCUT2D eigenvalue weighted by molar-refractivity contribution is -0.0213. The predicted octanol–water partition coefficient (Wildman–Crippen LogP) is 4.13. The van der Waals surface area contributed by atoms with Gasteiger partial charge >= 0.3 is 0 Å². The molecule has 0 spiro atoms. The molecule has 2 atom stereocenters. The maximum atomic E-state index is 14.9. The standard InChI is InChI=1S/C21H25ClFN5O2/c1-11(2)28-12(3)25-20-17(23)6-13(7-18(20)28)19-16(22)9-24-21(27-19)26-14-4-5-30-15(8-14)10-29/h6-7,9,11,14-15,29H,4-5,8,10H2,1-3H3,(H,24,26,27)/t14-,15-/m0/s1. The van der Waals surface area contributed by atoms with Crippen LogP contribution in [-0.2, 0) is 4.74 Å². The number of anilines is 1. The molecule has 1 aromatic carbocycles. The number of halogens is 2. The number of aryl methyl sites for hydroxylation is 1. The van der Waals surface area contributed by atoms with Crippen molar-refractivity contribution in [2.24, 2.45) is 0 Å². The van der Waals surface area contributed by atoms with Crippen LogP contribution in [0.15, 0.2) is 18.3 Å². The summed E-state index contributed by atoms with van der Waals surface area (Å²) in [5.41, 5.74) is 2.06. The molecule has 0 unspecified atom stereocenters. The van der Waals surface area contributed by atoms with E-state index in [1.807, 2.05) is 31.4 Å². The van der Waals surface area contributed by atoms with Crippen LogP contribution < -0.4 is 5.32 Å². The topological polar surface area (TPSA) is 85.1 Å². The highest BCUT2D eigenvalue weighted by atomic mass is 35.5. The van der Waals surface area contributed by atoms with E-state index < -0.39 is 5.82 Å². The summed E-state index contributed by atoms with van der Waals surface area (Å²) < 4.78 is 22.3. The Morgan fingerprint density at radius 2 is 2.17 bits per heavy atom. The first-order chi connectivity index (χ1) is 14.4. The van der Waals surface area contributed by atoms with Crippen molar-refractivity contribution in [3.05, 3.63) is 35.0 Å². The molecule has 0 radical (unpaired) electrons. The largest absolute Gasteiger partial charge is 0.394 e. The first-order valence-electron chi connectivity index (χ1n) is 10.1. The summed E-state index contributed by atoms with van der Waals surface area (Å²) in [6, 6.07) is 3.49. The first kappa shape index (κ1) is 21.0. The Bertz CT molecular complexity index is 1070. The SMILES string of the molecule is Cc1nc2c(F)cc(-c3nc(N[C@H]4CCO[C@H](CO)C4)ncc3Cl)cc2n1C(C)C. The number of aromatic nitrogens is 4. The third kappa shape index (κ3) is 3.99. The minimum Gasteiger partial charge on any atom is -0.394 e. The van der Waals surface area contributed by atoms with Crippen LogP contribution in [0.4, 0.5) is 10.3 Å². The lowest BCUT2D eigenvalue weighted by atomic mass is 10.0. The number of hydrogen-bond acceptors (Lipinski definition) is 6. The van der Waals surface area contributed by atoms with Gasteiger partial charge in [0.15, 0.2) is 5.82 Å². The number of fused-ring (bicyclic) bond motifs is 1. The second-order valence-corrected chi connectivity index (χ2v) is 8.29. The van der Waals surface area contributed by atoms with Gasteiger partial charge in [-0.25, -0.2) is 19.3 Å². The van der Waals surface area contributed by atoms with E-state index in [4.69, 9.17) is 16.3 Å². The number of nitrogens with zero attached hydrogens (tertiary/aromatic N) is 4. The Hall–Kier alpha value is -2.29.